The smallest absolute Gasteiger partial charge is 0.272 e. The lowest BCUT2D eigenvalue weighted by atomic mass is 10.2. The normalized spacial score (nSPS) is 11.0. The average molecular weight is 396 g/mol. The summed E-state index contributed by atoms with van der Waals surface area (Å²) in [5, 5.41) is 4.11. The molecule has 2 aromatic carbocycles. The predicted molar refractivity (Wildman–Crippen MR) is 104 cm³/mol. The largest absolute Gasteiger partial charge is 0.318 e. The van der Waals surface area contributed by atoms with Crippen LogP contribution in [0.5, 0.6) is 0 Å². The van der Waals surface area contributed by atoms with Crippen LogP contribution in [0.25, 0.3) is 5.69 Å². The van der Waals surface area contributed by atoms with Crippen molar-refractivity contribution >= 4 is 28.1 Å². The molecule has 5 heteroatoms. The van der Waals surface area contributed by atoms with Crippen LogP contribution < -0.4 is 5.43 Å². The van der Waals surface area contributed by atoms with Gasteiger partial charge in [0, 0.05) is 27.1 Å². The lowest BCUT2D eigenvalue weighted by molar-refractivity contribution is 0.0954. The molecule has 0 fully saturated rings. The van der Waals surface area contributed by atoms with Crippen LogP contribution in [0.1, 0.15) is 27.3 Å². The van der Waals surface area contributed by atoms with Gasteiger partial charge in [-0.15, -0.1) is 0 Å². The maximum atomic E-state index is 12.2. The van der Waals surface area contributed by atoms with Gasteiger partial charge in [-0.05, 0) is 60.1 Å². The molecule has 0 aliphatic rings. The number of hydrazone groups is 1. The minimum absolute atomic E-state index is 0.249. The molecule has 0 atom stereocenters. The van der Waals surface area contributed by atoms with Gasteiger partial charge in [-0.1, -0.05) is 30.3 Å². The number of hydrogen-bond donors (Lipinski definition) is 1. The molecule has 0 aliphatic carbocycles. The van der Waals surface area contributed by atoms with Gasteiger partial charge in [0.1, 0.15) is 0 Å². The van der Waals surface area contributed by atoms with E-state index < -0.39 is 0 Å². The maximum Gasteiger partial charge on any atom is 0.272 e. The Morgan fingerprint density at radius 3 is 2.48 bits per heavy atom. The van der Waals surface area contributed by atoms with Crippen LogP contribution in [0.4, 0.5) is 0 Å². The lowest BCUT2D eigenvalue weighted by Crippen LogP contribution is -2.18. The number of nitrogens with one attached hydrogen (secondary N) is 1. The Morgan fingerprint density at radius 1 is 1.08 bits per heavy atom. The highest BCUT2D eigenvalue weighted by Gasteiger charge is 2.10. The van der Waals surface area contributed by atoms with E-state index in [9.17, 15) is 4.79 Å². The summed E-state index contributed by atoms with van der Waals surface area (Å²) in [6.07, 6.45) is 1.68. The first-order valence-electron chi connectivity index (χ1n) is 7.90. The van der Waals surface area contributed by atoms with E-state index in [0.717, 1.165) is 27.1 Å². The minimum atomic E-state index is -0.249. The van der Waals surface area contributed by atoms with Crippen LogP contribution in [0.2, 0.25) is 0 Å². The number of carbonyl (C=O) groups excluding carboxylic acids is 1. The van der Waals surface area contributed by atoms with E-state index in [1.807, 2.05) is 43.3 Å². The lowest BCUT2D eigenvalue weighted by Gasteiger charge is -2.09. The molecule has 3 aromatic rings. The second-order valence-corrected chi connectivity index (χ2v) is 6.53. The van der Waals surface area contributed by atoms with Crippen molar-refractivity contribution in [3.8, 4) is 5.69 Å². The van der Waals surface area contributed by atoms with E-state index in [1.54, 1.807) is 12.3 Å². The quantitative estimate of drug-likeness (QED) is 0.508. The summed E-state index contributed by atoms with van der Waals surface area (Å²) in [7, 11) is 0. The number of benzene rings is 2. The van der Waals surface area contributed by atoms with Crippen LogP contribution in [-0.4, -0.2) is 16.7 Å². The summed E-state index contributed by atoms with van der Waals surface area (Å²) in [6.45, 7) is 4.09. The summed E-state index contributed by atoms with van der Waals surface area (Å²) in [4.78, 5) is 12.2. The van der Waals surface area contributed by atoms with Gasteiger partial charge < -0.3 is 4.57 Å². The second kappa shape index (κ2) is 7.49. The molecule has 0 spiro atoms. The Morgan fingerprint density at radius 2 is 1.76 bits per heavy atom. The fraction of sp³-hybridized carbons (Fsp3) is 0.100. The number of nitrogens with zero attached hydrogens (tertiary/aromatic N) is 2. The highest BCUT2D eigenvalue weighted by Crippen LogP contribution is 2.19. The van der Waals surface area contributed by atoms with Crippen LogP contribution in [-0.2, 0) is 0 Å². The van der Waals surface area contributed by atoms with E-state index in [2.05, 4.69) is 56.1 Å². The Balaban J connectivity index is 1.79. The summed E-state index contributed by atoms with van der Waals surface area (Å²) < 4.78 is 2.90. The van der Waals surface area contributed by atoms with Crippen LogP contribution in [0, 0.1) is 13.8 Å². The molecule has 0 bridgehead atoms. The first-order chi connectivity index (χ1) is 12.1. The van der Waals surface area contributed by atoms with Crippen molar-refractivity contribution in [1.29, 1.82) is 0 Å². The molecule has 0 saturated carbocycles. The Bertz CT molecular complexity index is 929. The van der Waals surface area contributed by atoms with Crippen LogP contribution >= 0.6 is 15.9 Å². The number of rotatable bonds is 4. The third kappa shape index (κ3) is 3.72. The zero-order valence-corrected chi connectivity index (χ0v) is 15.6. The summed E-state index contributed by atoms with van der Waals surface area (Å²) in [6, 6.07) is 19.5. The third-order valence-corrected chi connectivity index (χ3v) is 4.66. The molecule has 0 radical (unpaired) electrons. The van der Waals surface area contributed by atoms with E-state index in [4.69, 9.17) is 0 Å². The van der Waals surface area contributed by atoms with Crippen LogP contribution in [0.3, 0.4) is 0 Å². The Kier molecular flexibility index (Phi) is 5.14. The molecule has 1 aromatic heterocycles. The highest BCUT2D eigenvalue weighted by atomic mass is 79.9. The number of hydrogen-bond acceptors (Lipinski definition) is 2. The van der Waals surface area contributed by atoms with Gasteiger partial charge in [0.2, 0.25) is 0 Å². The third-order valence-electron chi connectivity index (χ3n) is 3.97. The van der Waals surface area contributed by atoms with Gasteiger partial charge in [0.25, 0.3) is 5.91 Å². The monoisotopic (exact) mass is 395 g/mol. The summed E-state index contributed by atoms with van der Waals surface area (Å²) in [5.74, 6) is -0.249. The van der Waals surface area contributed by atoms with Gasteiger partial charge in [0.15, 0.2) is 0 Å². The predicted octanol–water partition coefficient (Wildman–Crippen LogP) is 4.62. The standard InChI is InChI=1S/C20H18BrN3O/c1-14-12-16(15(2)24(14)17-8-4-3-5-9-17)13-22-23-20(25)18-10-6-7-11-19(18)21/h3-13H,1-2H3,(H,23,25)/b22-13-. The molecule has 0 unspecified atom stereocenters. The van der Waals surface area contributed by atoms with Gasteiger partial charge in [0.05, 0.1) is 11.8 Å². The van der Waals surface area contributed by atoms with Crippen molar-refractivity contribution in [2.75, 3.05) is 0 Å². The van der Waals surface area contributed by atoms with E-state index in [0.29, 0.717) is 5.56 Å². The molecule has 3 rings (SSSR count). The number of carbonyl (C=O) groups is 1. The van der Waals surface area contributed by atoms with Crippen molar-refractivity contribution < 1.29 is 4.79 Å². The number of halogens is 1. The SMILES string of the molecule is Cc1cc(/C=N\NC(=O)c2ccccc2Br)c(C)n1-c1ccccc1. The van der Waals surface area contributed by atoms with Crippen molar-refractivity contribution in [2.45, 2.75) is 13.8 Å². The topological polar surface area (TPSA) is 46.4 Å². The van der Waals surface area contributed by atoms with E-state index in [-0.39, 0.29) is 5.91 Å². The fourth-order valence-corrected chi connectivity index (χ4v) is 3.22. The Labute approximate surface area is 155 Å². The Hall–Kier alpha value is -2.66. The first kappa shape index (κ1) is 17.2. The van der Waals surface area contributed by atoms with Gasteiger partial charge in [-0.2, -0.15) is 5.10 Å². The molecule has 1 N–H and O–H groups in total. The average Bonchev–Trinajstić information content (AvgIpc) is 2.89. The van der Waals surface area contributed by atoms with Crippen molar-refractivity contribution in [1.82, 2.24) is 9.99 Å². The molecule has 1 heterocycles. The zero-order valence-electron chi connectivity index (χ0n) is 14.0. The first-order valence-corrected chi connectivity index (χ1v) is 8.69. The molecule has 1 amide bonds. The van der Waals surface area contributed by atoms with Crippen molar-refractivity contribution in [2.24, 2.45) is 5.10 Å². The molecule has 4 nitrogen and oxygen atoms in total. The maximum absolute atomic E-state index is 12.2. The highest BCUT2D eigenvalue weighted by molar-refractivity contribution is 9.10. The fourth-order valence-electron chi connectivity index (χ4n) is 2.76. The minimum Gasteiger partial charge on any atom is -0.318 e. The molecule has 0 aliphatic heterocycles. The van der Waals surface area contributed by atoms with Crippen LogP contribution in [0.15, 0.2) is 70.2 Å². The molecule has 126 valence electrons. The molecule has 25 heavy (non-hydrogen) atoms. The molecular formula is C20H18BrN3O. The van der Waals surface area contributed by atoms with Gasteiger partial charge in [-0.3, -0.25) is 4.79 Å². The molecular weight excluding hydrogens is 378 g/mol. The van der Waals surface area contributed by atoms with Gasteiger partial charge >= 0.3 is 0 Å². The van der Waals surface area contributed by atoms with E-state index >= 15 is 0 Å². The zero-order chi connectivity index (χ0) is 17.8. The summed E-state index contributed by atoms with van der Waals surface area (Å²) >= 11 is 3.37. The second-order valence-electron chi connectivity index (χ2n) is 5.68. The van der Waals surface area contributed by atoms with Crippen molar-refractivity contribution in [3.05, 3.63) is 87.7 Å². The number of aromatic nitrogens is 1. The number of para-hydroxylation sites is 1. The van der Waals surface area contributed by atoms with E-state index in [1.165, 1.54) is 0 Å². The van der Waals surface area contributed by atoms with Gasteiger partial charge in [-0.25, -0.2) is 5.43 Å². The number of amides is 1. The summed E-state index contributed by atoms with van der Waals surface area (Å²) in [5.41, 5.74) is 7.38. The molecule has 0 saturated heterocycles. The number of aryl methyl sites for hydroxylation is 1. The van der Waals surface area contributed by atoms with Crippen molar-refractivity contribution in [3.63, 3.8) is 0 Å².